The summed E-state index contributed by atoms with van der Waals surface area (Å²) in [7, 11) is 0. The predicted octanol–water partition coefficient (Wildman–Crippen LogP) is 0.150. The van der Waals surface area contributed by atoms with Crippen LogP contribution in [0, 0.1) is 17.7 Å². The first-order valence-corrected chi connectivity index (χ1v) is 4.86. The van der Waals surface area contributed by atoms with Crippen molar-refractivity contribution in [2.45, 2.75) is 6.42 Å². The van der Waals surface area contributed by atoms with E-state index in [2.05, 4.69) is 5.32 Å². The van der Waals surface area contributed by atoms with E-state index in [1.165, 1.54) is 18.2 Å². The van der Waals surface area contributed by atoms with Crippen LogP contribution in [-0.4, -0.2) is 11.9 Å². The van der Waals surface area contributed by atoms with Crippen molar-refractivity contribution in [3.63, 3.8) is 0 Å². The molecule has 0 unspecified atom stereocenters. The molecule has 0 aliphatic heterocycles. The zero-order valence-electron chi connectivity index (χ0n) is 8.27. The Hall–Kier alpha value is -1.91. The molecule has 0 aromatic heterocycles. The summed E-state index contributed by atoms with van der Waals surface area (Å²) in [6.07, 6.45) is 0.266. The fraction of sp³-hybridized carbons (Fsp3) is 0.273. The molecule has 0 radical (unpaired) electrons. The number of nitrogens with one attached hydrogen (secondary N) is 1. The molecule has 1 fully saturated rings. The Morgan fingerprint density at radius 1 is 1.31 bits per heavy atom. The van der Waals surface area contributed by atoms with Gasteiger partial charge < -0.3 is 15.2 Å². The molecule has 16 heavy (non-hydrogen) atoms. The van der Waals surface area contributed by atoms with E-state index in [-0.39, 0.29) is 12.1 Å². The number of benzene rings is 1. The molecule has 1 aromatic rings. The van der Waals surface area contributed by atoms with Crippen molar-refractivity contribution in [1.29, 1.82) is 0 Å². The topological polar surface area (TPSA) is 69.2 Å². The zero-order valence-corrected chi connectivity index (χ0v) is 8.27. The monoisotopic (exact) mass is 222 g/mol. The highest BCUT2D eigenvalue weighted by atomic mass is 19.1. The van der Waals surface area contributed by atoms with Crippen LogP contribution >= 0.6 is 0 Å². The number of anilines is 1. The van der Waals surface area contributed by atoms with Gasteiger partial charge in [-0.25, -0.2) is 4.39 Å². The fourth-order valence-corrected chi connectivity index (χ4v) is 1.53. The molecule has 0 bridgehead atoms. The van der Waals surface area contributed by atoms with Gasteiger partial charge in [-0.15, -0.1) is 0 Å². The third-order valence-corrected chi connectivity index (χ3v) is 2.56. The SMILES string of the molecule is O=C([O-])[C@@H]1C[C@H]1C(=O)Nc1ccccc1F. The molecule has 84 valence electrons. The van der Waals surface area contributed by atoms with Crippen LogP contribution in [0.25, 0.3) is 0 Å². The smallest absolute Gasteiger partial charge is 0.228 e. The Morgan fingerprint density at radius 3 is 2.56 bits per heavy atom. The predicted molar refractivity (Wildman–Crippen MR) is 51.6 cm³/mol. The Bertz CT molecular complexity index is 447. The van der Waals surface area contributed by atoms with Crippen LogP contribution in [0.1, 0.15) is 6.42 Å². The normalized spacial score (nSPS) is 22.6. The number of hydrogen-bond acceptors (Lipinski definition) is 3. The Balaban J connectivity index is 1.99. The van der Waals surface area contributed by atoms with Gasteiger partial charge in [-0.2, -0.15) is 0 Å². The second kappa shape index (κ2) is 3.92. The first kappa shape index (κ1) is 10.6. The average Bonchev–Trinajstić information content (AvgIpc) is 3.01. The summed E-state index contributed by atoms with van der Waals surface area (Å²) in [5.74, 6) is -3.56. The number of hydrogen-bond donors (Lipinski definition) is 1. The number of carboxylic acids is 1. The van der Waals surface area contributed by atoms with Gasteiger partial charge in [0.15, 0.2) is 0 Å². The number of rotatable bonds is 3. The molecule has 1 amide bonds. The molecule has 4 nitrogen and oxygen atoms in total. The molecule has 1 N–H and O–H groups in total. The number of carbonyl (C=O) groups excluding carboxylic acids is 2. The minimum atomic E-state index is -1.23. The largest absolute Gasteiger partial charge is 0.550 e. The van der Waals surface area contributed by atoms with E-state index < -0.39 is 29.5 Å². The highest BCUT2D eigenvalue weighted by Gasteiger charge is 2.44. The summed E-state index contributed by atoms with van der Waals surface area (Å²) in [6, 6.07) is 5.73. The summed E-state index contributed by atoms with van der Waals surface area (Å²) in [5, 5.41) is 12.8. The van der Waals surface area contributed by atoms with Crippen molar-refractivity contribution >= 4 is 17.6 Å². The molecule has 1 aromatic carbocycles. The molecular formula is C11H9FNO3-. The highest BCUT2D eigenvalue weighted by molar-refractivity contribution is 5.97. The van der Waals surface area contributed by atoms with Gasteiger partial charge in [0, 0.05) is 17.8 Å². The minimum absolute atomic E-state index is 0.0662. The van der Waals surface area contributed by atoms with Gasteiger partial charge in [-0.05, 0) is 18.6 Å². The Kier molecular flexibility index (Phi) is 2.60. The van der Waals surface area contributed by atoms with Crippen molar-refractivity contribution in [3.05, 3.63) is 30.1 Å². The summed E-state index contributed by atoms with van der Waals surface area (Å²) in [6.45, 7) is 0. The molecule has 1 aliphatic rings. The molecule has 1 aliphatic carbocycles. The maximum atomic E-state index is 13.1. The van der Waals surface area contributed by atoms with Crippen molar-refractivity contribution in [1.82, 2.24) is 0 Å². The molecule has 0 heterocycles. The lowest BCUT2D eigenvalue weighted by Gasteiger charge is -2.05. The van der Waals surface area contributed by atoms with E-state index in [0.717, 1.165) is 0 Å². The van der Waals surface area contributed by atoms with Crippen LogP contribution < -0.4 is 10.4 Å². The van der Waals surface area contributed by atoms with E-state index in [4.69, 9.17) is 0 Å². The van der Waals surface area contributed by atoms with Gasteiger partial charge >= 0.3 is 0 Å². The van der Waals surface area contributed by atoms with Crippen molar-refractivity contribution in [3.8, 4) is 0 Å². The molecule has 5 heteroatoms. The first-order valence-electron chi connectivity index (χ1n) is 4.86. The van der Waals surface area contributed by atoms with E-state index in [1.807, 2.05) is 0 Å². The zero-order chi connectivity index (χ0) is 11.7. The lowest BCUT2D eigenvalue weighted by atomic mass is 10.2. The Labute approximate surface area is 91.1 Å². The summed E-state index contributed by atoms with van der Waals surface area (Å²) in [5.41, 5.74) is 0.0662. The molecule has 0 saturated heterocycles. The van der Waals surface area contributed by atoms with Crippen LogP contribution in [0.3, 0.4) is 0 Å². The van der Waals surface area contributed by atoms with Crippen LogP contribution in [0.15, 0.2) is 24.3 Å². The summed E-state index contributed by atoms with van der Waals surface area (Å²) < 4.78 is 13.1. The van der Waals surface area contributed by atoms with Crippen molar-refractivity contribution in [2.75, 3.05) is 5.32 Å². The molecule has 2 rings (SSSR count). The molecular weight excluding hydrogens is 213 g/mol. The maximum Gasteiger partial charge on any atom is 0.228 e. The quantitative estimate of drug-likeness (QED) is 0.791. The number of amides is 1. The summed E-state index contributed by atoms with van der Waals surface area (Å²) in [4.78, 5) is 21.9. The Morgan fingerprint density at radius 2 is 2.00 bits per heavy atom. The van der Waals surface area contributed by atoms with Gasteiger partial charge in [0.25, 0.3) is 0 Å². The van der Waals surface area contributed by atoms with Crippen LogP contribution in [0.4, 0.5) is 10.1 Å². The lowest BCUT2D eigenvalue weighted by Crippen LogP contribution is -2.27. The standard InChI is InChI=1S/C11H10FNO3/c12-8-3-1-2-4-9(8)13-10(14)6-5-7(6)11(15)16/h1-4,6-7H,5H2,(H,13,14)(H,15,16)/p-1/t6-,7-/m1/s1. The lowest BCUT2D eigenvalue weighted by molar-refractivity contribution is -0.308. The van der Waals surface area contributed by atoms with Gasteiger partial charge in [0.2, 0.25) is 5.91 Å². The second-order valence-corrected chi connectivity index (χ2v) is 3.74. The number of para-hydroxylation sites is 1. The van der Waals surface area contributed by atoms with E-state index in [9.17, 15) is 19.1 Å². The third-order valence-electron chi connectivity index (χ3n) is 2.56. The fourth-order valence-electron chi connectivity index (χ4n) is 1.53. The van der Waals surface area contributed by atoms with Crippen LogP contribution in [-0.2, 0) is 9.59 Å². The van der Waals surface area contributed by atoms with E-state index >= 15 is 0 Å². The maximum absolute atomic E-state index is 13.1. The first-order chi connectivity index (χ1) is 7.59. The number of halogens is 1. The summed E-state index contributed by atoms with van der Waals surface area (Å²) >= 11 is 0. The average molecular weight is 222 g/mol. The third kappa shape index (κ3) is 2.03. The number of carboxylic acid groups (broad SMARTS) is 1. The van der Waals surface area contributed by atoms with Gasteiger partial charge in [0.1, 0.15) is 5.82 Å². The number of carbonyl (C=O) groups is 2. The van der Waals surface area contributed by atoms with Crippen LogP contribution in [0.5, 0.6) is 0 Å². The van der Waals surface area contributed by atoms with Crippen molar-refractivity contribution in [2.24, 2.45) is 11.8 Å². The number of aliphatic carboxylic acids is 1. The molecule has 0 spiro atoms. The molecule has 1 saturated carbocycles. The van der Waals surface area contributed by atoms with Gasteiger partial charge in [-0.3, -0.25) is 4.79 Å². The van der Waals surface area contributed by atoms with Crippen LogP contribution in [0.2, 0.25) is 0 Å². The van der Waals surface area contributed by atoms with E-state index in [1.54, 1.807) is 6.07 Å². The minimum Gasteiger partial charge on any atom is -0.550 e. The van der Waals surface area contributed by atoms with Gasteiger partial charge in [-0.1, -0.05) is 12.1 Å². The second-order valence-electron chi connectivity index (χ2n) is 3.74. The molecule has 2 atom stereocenters. The van der Waals surface area contributed by atoms with Crippen molar-refractivity contribution < 1.29 is 19.1 Å². The highest BCUT2D eigenvalue weighted by Crippen LogP contribution is 2.38. The van der Waals surface area contributed by atoms with E-state index in [0.29, 0.717) is 0 Å². The van der Waals surface area contributed by atoms with Gasteiger partial charge in [0.05, 0.1) is 5.69 Å².